The molecule has 0 bridgehead atoms. The third-order valence-corrected chi connectivity index (χ3v) is 3.32. The Bertz CT molecular complexity index is 791. The van der Waals surface area contributed by atoms with E-state index in [0.717, 1.165) is 22.3 Å². The molecule has 4 heteroatoms. The number of anilines is 1. The van der Waals surface area contributed by atoms with E-state index in [1.54, 1.807) is 16.8 Å². The van der Waals surface area contributed by atoms with E-state index in [2.05, 4.69) is 10.3 Å². The summed E-state index contributed by atoms with van der Waals surface area (Å²) in [6.45, 7) is 0.525. The summed E-state index contributed by atoms with van der Waals surface area (Å²) in [6.07, 6.45) is 1.79. The smallest absolute Gasteiger partial charge is 0.251 e. The van der Waals surface area contributed by atoms with Gasteiger partial charge in [0.1, 0.15) is 5.82 Å². The number of rotatable bonds is 3. The SMILES string of the molecule is CNc1ccc(Cn2c(=O)ccc3ccccc32)cn1. The van der Waals surface area contributed by atoms with Gasteiger partial charge in [-0.25, -0.2) is 4.98 Å². The van der Waals surface area contributed by atoms with Gasteiger partial charge in [0.05, 0.1) is 12.1 Å². The molecule has 4 nitrogen and oxygen atoms in total. The normalized spacial score (nSPS) is 10.7. The molecule has 0 aliphatic rings. The first-order valence-electron chi connectivity index (χ1n) is 6.49. The van der Waals surface area contributed by atoms with E-state index in [4.69, 9.17) is 0 Å². The standard InChI is InChI=1S/C16H15N3O/c1-17-15-8-6-12(10-18-15)11-19-14-5-3-2-4-13(14)7-9-16(19)20/h2-10H,11H2,1H3,(H,17,18). The van der Waals surface area contributed by atoms with Gasteiger partial charge in [-0.1, -0.05) is 24.3 Å². The van der Waals surface area contributed by atoms with Gasteiger partial charge in [0.25, 0.3) is 5.56 Å². The van der Waals surface area contributed by atoms with Crippen LogP contribution in [0.1, 0.15) is 5.56 Å². The van der Waals surface area contributed by atoms with Gasteiger partial charge in [0, 0.05) is 19.3 Å². The first-order chi connectivity index (χ1) is 9.78. The van der Waals surface area contributed by atoms with Crippen LogP contribution in [0.2, 0.25) is 0 Å². The van der Waals surface area contributed by atoms with Gasteiger partial charge < -0.3 is 9.88 Å². The number of hydrogen-bond acceptors (Lipinski definition) is 3. The van der Waals surface area contributed by atoms with Crippen LogP contribution in [-0.4, -0.2) is 16.6 Å². The summed E-state index contributed by atoms with van der Waals surface area (Å²) in [5, 5.41) is 4.04. The average Bonchev–Trinajstić information content (AvgIpc) is 2.51. The maximum Gasteiger partial charge on any atom is 0.251 e. The van der Waals surface area contributed by atoms with E-state index >= 15 is 0 Å². The molecule has 1 aromatic carbocycles. The summed E-state index contributed by atoms with van der Waals surface area (Å²) in [6, 6.07) is 15.2. The zero-order valence-corrected chi connectivity index (χ0v) is 11.2. The Morgan fingerprint density at radius 2 is 1.95 bits per heavy atom. The van der Waals surface area contributed by atoms with E-state index in [1.165, 1.54) is 0 Å². The molecule has 0 atom stereocenters. The van der Waals surface area contributed by atoms with Crippen molar-refractivity contribution in [2.75, 3.05) is 12.4 Å². The van der Waals surface area contributed by atoms with Crippen LogP contribution >= 0.6 is 0 Å². The van der Waals surface area contributed by atoms with Crippen LogP contribution in [0.15, 0.2) is 59.5 Å². The third kappa shape index (κ3) is 2.28. The number of aromatic nitrogens is 2. The minimum Gasteiger partial charge on any atom is -0.373 e. The zero-order chi connectivity index (χ0) is 13.9. The second kappa shape index (κ2) is 5.17. The fourth-order valence-corrected chi connectivity index (χ4v) is 2.26. The van der Waals surface area contributed by atoms with Crippen LogP contribution in [0.4, 0.5) is 5.82 Å². The number of para-hydroxylation sites is 1. The minimum absolute atomic E-state index is 0.00129. The fraction of sp³-hybridized carbons (Fsp3) is 0.125. The Morgan fingerprint density at radius 3 is 2.70 bits per heavy atom. The summed E-state index contributed by atoms with van der Waals surface area (Å²) >= 11 is 0. The predicted molar refractivity (Wildman–Crippen MR) is 81.1 cm³/mol. The largest absolute Gasteiger partial charge is 0.373 e. The van der Waals surface area contributed by atoms with Gasteiger partial charge in [-0.2, -0.15) is 0 Å². The van der Waals surface area contributed by atoms with Gasteiger partial charge in [0.2, 0.25) is 0 Å². The first kappa shape index (κ1) is 12.4. The molecule has 100 valence electrons. The van der Waals surface area contributed by atoms with Crippen LogP contribution in [0.3, 0.4) is 0 Å². The third-order valence-electron chi connectivity index (χ3n) is 3.32. The van der Waals surface area contributed by atoms with Crippen molar-refractivity contribution in [3.63, 3.8) is 0 Å². The quantitative estimate of drug-likeness (QED) is 0.791. The summed E-state index contributed by atoms with van der Waals surface area (Å²) in [5.74, 6) is 0.819. The molecular weight excluding hydrogens is 250 g/mol. The maximum atomic E-state index is 12.1. The molecular formula is C16H15N3O. The molecule has 0 spiro atoms. The minimum atomic E-state index is 0.00129. The van der Waals surface area contributed by atoms with Gasteiger partial charge in [-0.3, -0.25) is 4.79 Å². The zero-order valence-electron chi connectivity index (χ0n) is 11.2. The van der Waals surface area contributed by atoms with E-state index in [1.807, 2.05) is 49.5 Å². The molecule has 0 saturated carbocycles. The lowest BCUT2D eigenvalue weighted by Crippen LogP contribution is -2.19. The van der Waals surface area contributed by atoms with Crippen molar-refractivity contribution in [1.82, 2.24) is 9.55 Å². The molecule has 3 aromatic rings. The maximum absolute atomic E-state index is 12.1. The average molecular weight is 265 g/mol. The van der Waals surface area contributed by atoms with Gasteiger partial charge in [-0.05, 0) is 29.1 Å². The lowest BCUT2D eigenvalue weighted by atomic mass is 10.2. The lowest BCUT2D eigenvalue weighted by Gasteiger charge is -2.10. The second-order valence-corrected chi connectivity index (χ2v) is 4.62. The number of hydrogen-bond donors (Lipinski definition) is 1. The fourth-order valence-electron chi connectivity index (χ4n) is 2.26. The van der Waals surface area contributed by atoms with Crippen LogP contribution in [0.5, 0.6) is 0 Å². The molecule has 0 saturated heterocycles. The van der Waals surface area contributed by atoms with E-state index in [-0.39, 0.29) is 5.56 Å². The van der Waals surface area contributed by atoms with Crippen molar-refractivity contribution in [3.8, 4) is 0 Å². The van der Waals surface area contributed by atoms with Crippen molar-refractivity contribution in [3.05, 3.63) is 70.6 Å². The van der Waals surface area contributed by atoms with E-state index in [9.17, 15) is 4.79 Å². The van der Waals surface area contributed by atoms with Crippen LogP contribution in [0, 0.1) is 0 Å². The molecule has 0 radical (unpaired) electrons. The lowest BCUT2D eigenvalue weighted by molar-refractivity contribution is 0.791. The highest BCUT2D eigenvalue weighted by Gasteiger charge is 2.03. The summed E-state index contributed by atoms with van der Waals surface area (Å²) in [4.78, 5) is 16.4. The van der Waals surface area contributed by atoms with Crippen LogP contribution in [0.25, 0.3) is 10.9 Å². The van der Waals surface area contributed by atoms with Gasteiger partial charge in [0.15, 0.2) is 0 Å². The molecule has 2 heterocycles. The summed E-state index contributed by atoms with van der Waals surface area (Å²) < 4.78 is 1.77. The number of nitrogens with zero attached hydrogens (tertiary/aromatic N) is 2. The van der Waals surface area contributed by atoms with Crippen molar-refractivity contribution in [1.29, 1.82) is 0 Å². The first-order valence-corrected chi connectivity index (χ1v) is 6.49. The van der Waals surface area contributed by atoms with Crippen molar-refractivity contribution < 1.29 is 0 Å². The number of pyridine rings is 2. The highest BCUT2D eigenvalue weighted by molar-refractivity contribution is 5.78. The number of nitrogens with one attached hydrogen (secondary N) is 1. The number of fused-ring (bicyclic) bond motifs is 1. The summed E-state index contributed by atoms with van der Waals surface area (Å²) in [5.41, 5.74) is 1.95. The highest BCUT2D eigenvalue weighted by atomic mass is 16.1. The van der Waals surface area contributed by atoms with E-state index < -0.39 is 0 Å². The second-order valence-electron chi connectivity index (χ2n) is 4.62. The Kier molecular flexibility index (Phi) is 3.21. The molecule has 3 rings (SSSR count). The summed E-state index contributed by atoms with van der Waals surface area (Å²) in [7, 11) is 1.83. The molecule has 1 N–H and O–H groups in total. The van der Waals surface area contributed by atoms with Crippen LogP contribution < -0.4 is 10.9 Å². The molecule has 0 aliphatic heterocycles. The van der Waals surface area contributed by atoms with E-state index in [0.29, 0.717) is 6.54 Å². The Morgan fingerprint density at radius 1 is 1.10 bits per heavy atom. The topological polar surface area (TPSA) is 46.9 Å². The van der Waals surface area contributed by atoms with Crippen LogP contribution in [-0.2, 0) is 6.54 Å². The molecule has 2 aromatic heterocycles. The van der Waals surface area contributed by atoms with Crippen molar-refractivity contribution in [2.24, 2.45) is 0 Å². The Hall–Kier alpha value is -2.62. The van der Waals surface area contributed by atoms with Crippen molar-refractivity contribution >= 4 is 16.7 Å². The monoisotopic (exact) mass is 265 g/mol. The Labute approximate surface area is 116 Å². The molecule has 20 heavy (non-hydrogen) atoms. The van der Waals surface area contributed by atoms with Gasteiger partial charge in [-0.15, -0.1) is 0 Å². The molecule has 0 unspecified atom stereocenters. The Balaban J connectivity index is 2.05. The predicted octanol–water partition coefficient (Wildman–Crippen LogP) is 2.49. The van der Waals surface area contributed by atoms with Crippen molar-refractivity contribution in [2.45, 2.75) is 6.54 Å². The molecule has 0 fully saturated rings. The number of benzene rings is 1. The molecule has 0 aliphatic carbocycles. The highest BCUT2D eigenvalue weighted by Crippen LogP contribution is 2.13. The molecule has 0 amide bonds. The van der Waals surface area contributed by atoms with Gasteiger partial charge >= 0.3 is 0 Å².